The lowest BCUT2D eigenvalue weighted by Gasteiger charge is -2.29. The van der Waals surface area contributed by atoms with Gasteiger partial charge in [-0.15, -0.1) is 10.2 Å². The summed E-state index contributed by atoms with van der Waals surface area (Å²) in [5.74, 6) is 0.874. The van der Waals surface area contributed by atoms with Crippen molar-refractivity contribution in [2.75, 3.05) is 0 Å². The summed E-state index contributed by atoms with van der Waals surface area (Å²) >= 11 is 0. The lowest BCUT2D eigenvalue weighted by molar-refractivity contribution is 0.0910. The first-order chi connectivity index (χ1) is 8.96. The molecule has 2 aromatic rings. The molecule has 2 heterocycles. The average Bonchev–Trinajstić information content (AvgIpc) is 2.90. The van der Waals surface area contributed by atoms with Crippen LogP contribution in [-0.4, -0.2) is 31.0 Å². The summed E-state index contributed by atoms with van der Waals surface area (Å²) in [6.07, 6.45) is 1.52. The number of tetrazole rings is 1. The minimum Gasteiger partial charge on any atom is -0.340 e. The summed E-state index contributed by atoms with van der Waals surface area (Å²) in [7, 11) is 0. The Morgan fingerprint density at radius 3 is 2.89 bits per heavy atom. The highest BCUT2D eigenvalue weighted by Gasteiger charge is 2.33. The topological polar surface area (TPSA) is 76.5 Å². The Bertz CT molecular complexity index is 624. The van der Waals surface area contributed by atoms with Gasteiger partial charge in [0.15, 0.2) is 11.6 Å². The fourth-order valence-corrected chi connectivity index (χ4v) is 2.82. The fourth-order valence-electron chi connectivity index (χ4n) is 2.82. The lowest BCUT2D eigenvalue weighted by atomic mass is 9.76. The second-order valence-electron chi connectivity index (χ2n) is 6.00. The minimum atomic E-state index is 0.0177. The summed E-state index contributed by atoms with van der Waals surface area (Å²) in [5.41, 5.74) is 3.05. The molecule has 0 radical (unpaired) electrons. The van der Waals surface area contributed by atoms with E-state index in [9.17, 15) is 4.79 Å². The van der Waals surface area contributed by atoms with E-state index in [4.69, 9.17) is 0 Å². The van der Waals surface area contributed by atoms with Crippen molar-refractivity contribution in [3.8, 4) is 0 Å². The molecule has 6 nitrogen and oxygen atoms in total. The minimum absolute atomic E-state index is 0.0177. The second kappa shape index (κ2) is 4.01. The van der Waals surface area contributed by atoms with Gasteiger partial charge in [-0.3, -0.25) is 4.79 Å². The number of rotatable bonds is 2. The van der Waals surface area contributed by atoms with Gasteiger partial charge in [0.25, 0.3) is 0 Å². The normalized spacial score (nSPS) is 17.5. The van der Waals surface area contributed by atoms with E-state index in [0.717, 1.165) is 23.4 Å². The molecule has 0 aromatic carbocycles. The van der Waals surface area contributed by atoms with Gasteiger partial charge in [0.05, 0.1) is 6.54 Å². The number of Topliss-reactive ketones (excluding diaryl/α,β-unsaturated/α-hetero) is 1. The van der Waals surface area contributed by atoms with Gasteiger partial charge >= 0.3 is 0 Å². The SMILES string of the molecule is Cc1cc2c(n1Cc1nn[nH]n1)CC(C)(C)CC2=O. The van der Waals surface area contributed by atoms with Gasteiger partial charge in [0.2, 0.25) is 0 Å². The van der Waals surface area contributed by atoms with Crippen LogP contribution in [0.15, 0.2) is 6.07 Å². The number of aryl methyl sites for hydroxylation is 1. The van der Waals surface area contributed by atoms with Crippen LogP contribution >= 0.6 is 0 Å². The molecule has 1 aliphatic carbocycles. The quantitative estimate of drug-likeness (QED) is 0.887. The highest BCUT2D eigenvalue weighted by molar-refractivity contribution is 5.99. The number of H-pyrrole nitrogens is 1. The number of aromatic nitrogens is 5. The van der Waals surface area contributed by atoms with Gasteiger partial charge in [0.1, 0.15) is 0 Å². The zero-order valence-electron chi connectivity index (χ0n) is 11.4. The molecule has 1 aliphatic rings. The Morgan fingerprint density at radius 1 is 1.42 bits per heavy atom. The van der Waals surface area contributed by atoms with E-state index in [-0.39, 0.29) is 11.2 Å². The molecule has 1 N–H and O–H groups in total. The third kappa shape index (κ3) is 2.07. The Balaban J connectivity index is 2.04. The van der Waals surface area contributed by atoms with Crippen molar-refractivity contribution < 1.29 is 4.79 Å². The molecule has 6 heteroatoms. The number of nitrogens with zero attached hydrogens (tertiary/aromatic N) is 4. The van der Waals surface area contributed by atoms with Gasteiger partial charge in [-0.05, 0) is 24.8 Å². The van der Waals surface area contributed by atoms with Crippen LogP contribution in [0.1, 0.15) is 47.8 Å². The van der Waals surface area contributed by atoms with Crippen LogP contribution in [0.5, 0.6) is 0 Å². The van der Waals surface area contributed by atoms with Gasteiger partial charge in [0, 0.05) is 23.4 Å². The molecule has 0 bridgehead atoms. The molecule has 2 aromatic heterocycles. The maximum Gasteiger partial charge on any atom is 0.194 e. The Morgan fingerprint density at radius 2 is 2.21 bits per heavy atom. The zero-order chi connectivity index (χ0) is 13.6. The van der Waals surface area contributed by atoms with Crippen molar-refractivity contribution in [1.82, 2.24) is 25.2 Å². The monoisotopic (exact) mass is 259 g/mol. The van der Waals surface area contributed by atoms with Gasteiger partial charge < -0.3 is 4.57 Å². The van der Waals surface area contributed by atoms with Gasteiger partial charge in [-0.2, -0.15) is 5.21 Å². The molecule has 0 aliphatic heterocycles. The van der Waals surface area contributed by atoms with Crippen LogP contribution < -0.4 is 0 Å². The summed E-state index contributed by atoms with van der Waals surface area (Å²) in [6, 6.07) is 1.98. The van der Waals surface area contributed by atoms with E-state index in [1.54, 1.807) is 0 Å². The van der Waals surface area contributed by atoms with Crippen LogP contribution in [0, 0.1) is 12.3 Å². The molecule has 100 valence electrons. The van der Waals surface area contributed by atoms with Gasteiger partial charge in [-0.1, -0.05) is 19.1 Å². The van der Waals surface area contributed by atoms with Crippen molar-refractivity contribution >= 4 is 5.78 Å². The number of carbonyl (C=O) groups excluding carboxylic acids is 1. The number of nitrogens with one attached hydrogen (secondary N) is 1. The average molecular weight is 259 g/mol. The van der Waals surface area contributed by atoms with Crippen LogP contribution in [0.25, 0.3) is 0 Å². The summed E-state index contributed by atoms with van der Waals surface area (Å²) < 4.78 is 2.12. The van der Waals surface area contributed by atoms with Crippen LogP contribution in [0.3, 0.4) is 0 Å². The second-order valence-corrected chi connectivity index (χ2v) is 6.00. The van der Waals surface area contributed by atoms with E-state index in [1.165, 1.54) is 0 Å². The smallest absolute Gasteiger partial charge is 0.194 e. The lowest BCUT2D eigenvalue weighted by Crippen LogP contribution is -2.28. The summed E-state index contributed by atoms with van der Waals surface area (Å²) in [4.78, 5) is 12.2. The van der Waals surface area contributed by atoms with Crippen molar-refractivity contribution in [3.63, 3.8) is 0 Å². The molecule has 0 amide bonds. The first kappa shape index (κ1) is 12.1. The molecular weight excluding hydrogens is 242 g/mol. The van der Waals surface area contributed by atoms with Crippen molar-refractivity contribution in [1.29, 1.82) is 0 Å². The number of fused-ring (bicyclic) bond motifs is 1. The third-order valence-electron chi connectivity index (χ3n) is 3.69. The van der Waals surface area contributed by atoms with Crippen molar-refractivity contribution in [2.45, 2.75) is 40.2 Å². The summed E-state index contributed by atoms with van der Waals surface area (Å²) in [6.45, 7) is 6.84. The molecular formula is C13H17N5O. The molecule has 3 rings (SSSR count). The zero-order valence-corrected chi connectivity index (χ0v) is 11.4. The number of hydrogen-bond acceptors (Lipinski definition) is 4. The van der Waals surface area contributed by atoms with Crippen LogP contribution in [-0.2, 0) is 13.0 Å². The van der Waals surface area contributed by atoms with E-state index in [0.29, 0.717) is 18.8 Å². The molecule has 0 fully saturated rings. The highest BCUT2D eigenvalue weighted by atomic mass is 16.1. The molecule has 0 unspecified atom stereocenters. The largest absolute Gasteiger partial charge is 0.340 e. The molecule has 0 saturated carbocycles. The maximum absolute atomic E-state index is 12.2. The molecule has 0 saturated heterocycles. The van der Waals surface area contributed by atoms with Crippen LogP contribution in [0.4, 0.5) is 0 Å². The Kier molecular flexibility index (Phi) is 2.55. The number of aromatic amines is 1. The fraction of sp³-hybridized carbons (Fsp3) is 0.538. The Labute approximate surface area is 111 Å². The number of hydrogen-bond donors (Lipinski definition) is 1. The van der Waals surface area contributed by atoms with Crippen molar-refractivity contribution in [3.05, 3.63) is 28.8 Å². The Hall–Kier alpha value is -1.98. The number of ketones is 1. The predicted molar refractivity (Wildman–Crippen MR) is 68.9 cm³/mol. The van der Waals surface area contributed by atoms with E-state index >= 15 is 0 Å². The highest BCUT2D eigenvalue weighted by Crippen LogP contribution is 2.36. The first-order valence-corrected chi connectivity index (χ1v) is 6.41. The van der Waals surface area contributed by atoms with Gasteiger partial charge in [-0.25, -0.2) is 0 Å². The maximum atomic E-state index is 12.2. The predicted octanol–water partition coefficient (Wildman–Crippen LogP) is 1.51. The van der Waals surface area contributed by atoms with E-state index in [2.05, 4.69) is 39.0 Å². The third-order valence-corrected chi connectivity index (χ3v) is 3.69. The van der Waals surface area contributed by atoms with Crippen molar-refractivity contribution in [2.24, 2.45) is 5.41 Å². The summed E-state index contributed by atoms with van der Waals surface area (Å²) in [5, 5.41) is 14.0. The van der Waals surface area contributed by atoms with E-state index < -0.39 is 0 Å². The van der Waals surface area contributed by atoms with E-state index in [1.807, 2.05) is 13.0 Å². The molecule has 19 heavy (non-hydrogen) atoms. The van der Waals surface area contributed by atoms with Crippen LogP contribution in [0.2, 0.25) is 0 Å². The standard InChI is InChI=1S/C13H17N5O/c1-8-4-9-10(5-13(2,3)6-11(9)19)18(8)7-12-14-16-17-15-12/h4H,5-7H2,1-3H3,(H,14,15,16,17). The molecule has 0 spiro atoms. The molecule has 0 atom stereocenters. The number of carbonyl (C=O) groups is 1. The first-order valence-electron chi connectivity index (χ1n) is 6.41.